The van der Waals surface area contributed by atoms with E-state index < -0.39 is 0 Å². The Hall–Kier alpha value is -2.43. The van der Waals surface area contributed by atoms with Gasteiger partial charge in [-0.15, -0.1) is 0 Å². The quantitative estimate of drug-likeness (QED) is 0.888. The van der Waals surface area contributed by atoms with Gasteiger partial charge in [0.1, 0.15) is 11.5 Å². The van der Waals surface area contributed by atoms with Crippen molar-refractivity contribution in [1.82, 2.24) is 10.3 Å². The predicted molar refractivity (Wildman–Crippen MR) is 71.9 cm³/mol. The molecule has 0 spiro atoms. The molecule has 1 aromatic rings. The number of fused-ring (bicyclic) bond motifs is 1. The van der Waals surface area contributed by atoms with E-state index in [1.54, 1.807) is 18.3 Å². The van der Waals surface area contributed by atoms with E-state index in [9.17, 15) is 9.59 Å². The van der Waals surface area contributed by atoms with Crippen LogP contribution in [0.25, 0.3) is 0 Å². The lowest BCUT2D eigenvalue weighted by Gasteiger charge is -2.29. The van der Waals surface area contributed by atoms with Crippen LogP contribution in [-0.2, 0) is 4.74 Å². The molecule has 0 aromatic carbocycles. The van der Waals surface area contributed by atoms with Crippen LogP contribution in [0.3, 0.4) is 0 Å². The van der Waals surface area contributed by atoms with Crippen molar-refractivity contribution in [3.8, 4) is 0 Å². The fourth-order valence-electron chi connectivity index (χ4n) is 2.57. The lowest BCUT2D eigenvalue weighted by molar-refractivity contribution is 0.0947. The second kappa shape index (κ2) is 4.59. The summed E-state index contributed by atoms with van der Waals surface area (Å²) in [6.07, 6.45) is 3.16. The highest BCUT2D eigenvalue weighted by Crippen LogP contribution is 2.34. The maximum Gasteiger partial charge on any atom is 0.228 e. The minimum atomic E-state index is -0.242. The number of carbonyl (C=O) groups is 2. The molecule has 1 atom stereocenters. The highest BCUT2D eigenvalue weighted by Gasteiger charge is 2.38. The molecule has 0 radical (unpaired) electrons. The zero-order chi connectivity index (χ0) is 14.3. The average Bonchev–Trinajstić information content (AvgIpc) is 2.47. The summed E-state index contributed by atoms with van der Waals surface area (Å²) >= 11 is 0. The van der Waals surface area contributed by atoms with Crippen LogP contribution in [0.2, 0.25) is 0 Å². The summed E-state index contributed by atoms with van der Waals surface area (Å²) in [7, 11) is 0. The van der Waals surface area contributed by atoms with Gasteiger partial charge in [-0.3, -0.25) is 14.6 Å². The Labute approximate surface area is 116 Å². The van der Waals surface area contributed by atoms with Gasteiger partial charge >= 0.3 is 0 Å². The molecule has 20 heavy (non-hydrogen) atoms. The van der Waals surface area contributed by atoms with Gasteiger partial charge in [0.25, 0.3) is 0 Å². The highest BCUT2D eigenvalue weighted by atomic mass is 16.5. The molecule has 2 heterocycles. The largest absolute Gasteiger partial charge is 0.496 e. The normalized spacial score (nSPS) is 20.9. The van der Waals surface area contributed by atoms with Crippen molar-refractivity contribution < 1.29 is 14.3 Å². The summed E-state index contributed by atoms with van der Waals surface area (Å²) in [5.41, 5.74) is 1.35. The van der Waals surface area contributed by atoms with Crippen LogP contribution in [0, 0.1) is 5.92 Å². The maximum absolute atomic E-state index is 12.6. The fraction of sp³-hybridized carbons (Fsp3) is 0.267. The van der Waals surface area contributed by atoms with Crippen molar-refractivity contribution in [2.75, 3.05) is 6.61 Å². The SMILES string of the molecule is CCOC1=CNC2=C(C(=O)c3cccnc3C2=O)C1C. The van der Waals surface area contributed by atoms with Crippen LogP contribution in [0.15, 0.2) is 41.6 Å². The number of aromatic nitrogens is 1. The van der Waals surface area contributed by atoms with E-state index in [0.717, 1.165) is 0 Å². The van der Waals surface area contributed by atoms with E-state index in [0.29, 0.717) is 29.2 Å². The van der Waals surface area contributed by atoms with Crippen LogP contribution in [-0.4, -0.2) is 23.2 Å². The third kappa shape index (κ3) is 1.66. The molecule has 1 aliphatic heterocycles. The number of carbonyl (C=O) groups excluding carboxylic acids is 2. The molecule has 1 N–H and O–H groups in total. The molecule has 1 aliphatic carbocycles. The average molecular weight is 270 g/mol. The molecule has 5 heteroatoms. The predicted octanol–water partition coefficient (Wildman–Crippen LogP) is 1.83. The molecular formula is C15H14N2O3. The van der Waals surface area contributed by atoms with Gasteiger partial charge in [0.2, 0.25) is 5.78 Å². The summed E-state index contributed by atoms with van der Waals surface area (Å²) in [5, 5.41) is 2.89. The molecule has 0 fully saturated rings. The van der Waals surface area contributed by atoms with Crippen molar-refractivity contribution in [2.45, 2.75) is 13.8 Å². The first-order valence-electron chi connectivity index (χ1n) is 6.53. The molecule has 3 rings (SSSR count). The van der Waals surface area contributed by atoms with Gasteiger partial charge in [0, 0.05) is 23.9 Å². The molecular weight excluding hydrogens is 256 g/mol. The standard InChI is InChI=1S/C15H14N2O3/c1-3-20-10-7-17-13-11(8(10)2)14(18)9-5-4-6-16-12(9)15(13)19/h4-8,17H,3H2,1-2H3. The summed E-state index contributed by atoms with van der Waals surface area (Å²) in [6, 6.07) is 3.30. The molecule has 5 nitrogen and oxygen atoms in total. The minimum Gasteiger partial charge on any atom is -0.496 e. The number of allylic oxidation sites excluding steroid dienone is 2. The number of Topliss-reactive ketones (excluding diaryl/α,β-unsaturated/α-hetero) is 2. The van der Waals surface area contributed by atoms with Gasteiger partial charge < -0.3 is 10.1 Å². The fourth-order valence-corrected chi connectivity index (χ4v) is 2.57. The van der Waals surface area contributed by atoms with Crippen molar-refractivity contribution >= 4 is 11.6 Å². The van der Waals surface area contributed by atoms with Crippen LogP contribution in [0.1, 0.15) is 34.7 Å². The van der Waals surface area contributed by atoms with E-state index in [1.165, 1.54) is 6.20 Å². The Kier molecular flexibility index (Phi) is 2.89. The maximum atomic E-state index is 12.6. The van der Waals surface area contributed by atoms with E-state index in [1.807, 2.05) is 13.8 Å². The van der Waals surface area contributed by atoms with Crippen molar-refractivity contribution in [1.29, 1.82) is 0 Å². The smallest absolute Gasteiger partial charge is 0.228 e. The third-order valence-electron chi connectivity index (χ3n) is 3.54. The summed E-state index contributed by atoms with van der Waals surface area (Å²) in [5.74, 6) is 0.0256. The number of nitrogens with zero attached hydrogens (tertiary/aromatic N) is 1. The molecule has 1 aromatic heterocycles. The second-order valence-corrected chi connectivity index (χ2v) is 4.69. The molecule has 0 amide bonds. The van der Waals surface area contributed by atoms with Gasteiger partial charge in [-0.1, -0.05) is 6.92 Å². The van der Waals surface area contributed by atoms with E-state index in [2.05, 4.69) is 10.3 Å². The molecule has 2 aliphatic rings. The number of hydrogen-bond acceptors (Lipinski definition) is 5. The first kappa shape index (κ1) is 12.6. The first-order chi connectivity index (χ1) is 9.65. The number of ketones is 2. The van der Waals surface area contributed by atoms with E-state index in [4.69, 9.17) is 4.74 Å². The molecule has 1 unspecified atom stereocenters. The van der Waals surface area contributed by atoms with Crippen molar-refractivity contribution in [2.24, 2.45) is 5.92 Å². The van der Waals surface area contributed by atoms with Crippen molar-refractivity contribution in [3.05, 3.63) is 52.8 Å². The Morgan fingerprint density at radius 2 is 2.15 bits per heavy atom. The van der Waals surface area contributed by atoms with E-state index in [-0.39, 0.29) is 23.2 Å². The number of ether oxygens (including phenoxy) is 1. The monoisotopic (exact) mass is 270 g/mol. The summed E-state index contributed by atoms with van der Waals surface area (Å²) < 4.78 is 5.50. The number of nitrogens with one attached hydrogen (secondary N) is 1. The number of pyridine rings is 1. The van der Waals surface area contributed by atoms with Crippen LogP contribution in [0.4, 0.5) is 0 Å². The van der Waals surface area contributed by atoms with Gasteiger partial charge in [-0.25, -0.2) is 0 Å². The molecule has 0 saturated heterocycles. The molecule has 0 saturated carbocycles. The van der Waals surface area contributed by atoms with Crippen molar-refractivity contribution in [3.63, 3.8) is 0 Å². The zero-order valence-electron chi connectivity index (χ0n) is 11.3. The van der Waals surface area contributed by atoms with E-state index >= 15 is 0 Å². The number of rotatable bonds is 2. The highest BCUT2D eigenvalue weighted by molar-refractivity contribution is 6.26. The second-order valence-electron chi connectivity index (χ2n) is 4.69. The van der Waals surface area contributed by atoms with Crippen LogP contribution < -0.4 is 5.32 Å². The zero-order valence-corrected chi connectivity index (χ0v) is 11.3. The Balaban J connectivity index is 2.09. The number of hydrogen-bond donors (Lipinski definition) is 1. The Morgan fingerprint density at radius 1 is 1.35 bits per heavy atom. The lowest BCUT2D eigenvalue weighted by atomic mass is 9.82. The first-order valence-corrected chi connectivity index (χ1v) is 6.53. The Morgan fingerprint density at radius 3 is 2.90 bits per heavy atom. The van der Waals surface area contributed by atoms with Gasteiger partial charge in [0.05, 0.1) is 17.9 Å². The Bertz CT molecular complexity index is 673. The minimum absolute atomic E-state index is 0.159. The summed E-state index contributed by atoms with van der Waals surface area (Å²) in [6.45, 7) is 4.26. The third-order valence-corrected chi connectivity index (χ3v) is 3.54. The summed E-state index contributed by atoms with van der Waals surface area (Å²) in [4.78, 5) is 29.0. The molecule has 0 bridgehead atoms. The topological polar surface area (TPSA) is 68.3 Å². The number of dihydropyridines is 1. The van der Waals surface area contributed by atoms with Gasteiger partial charge in [-0.2, -0.15) is 0 Å². The lowest BCUT2D eigenvalue weighted by Crippen LogP contribution is -2.35. The van der Waals surface area contributed by atoms with Crippen LogP contribution in [0.5, 0.6) is 0 Å². The van der Waals surface area contributed by atoms with Gasteiger partial charge in [-0.05, 0) is 19.1 Å². The van der Waals surface area contributed by atoms with Gasteiger partial charge in [0.15, 0.2) is 5.78 Å². The van der Waals surface area contributed by atoms with Crippen LogP contribution >= 0.6 is 0 Å². The molecule has 102 valence electrons.